The third kappa shape index (κ3) is 3.82. The van der Waals surface area contributed by atoms with Crippen LogP contribution in [0.1, 0.15) is 23.7 Å². The number of benzene rings is 2. The number of aromatic nitrogens is 1. The van der Waals surface area contributed by atoms with E-state index < -0.39 is 10.8 Å². The van der Waals surface area contributed by atoms with Crippen LogP contribution in [0.3, 0.4) is 0 Å². The molecule has 0 bridgehead atoms. The van der Waals surface area contributed by atoms with E-state index in [1.807, 2.05) is 30.7 Å². The van der Waals surface area contributed by atoms with Crippen LogP contribution in [0.15, 0.2) is 47.5 Å². The summed E-state index contributed by atoms with van der Waals surface area (Å²) in [5.74, 6) is -0.161. The highest BCUT2D eigenvalue weighted by Crippen LogP contribution is 2.35. The fourth-order valence-corrected chi connectivity index (χ4v) is 3.69. The van der Waals surface area contributed by atoms with Crippen LogP contribution >= 0.6 is 11.8 Å². The topological polar surface area (TPSA) is 86.4 Å². The highest BCUT2D eigenvalue weighted by molar-refractivity contribution is 7.98. The number of hydrogen-bond acceptors (Lipinski definition) is 5. The van der Waals surface area contributed by atoms with Gasteiger partial charge in [-0.05, 0) is 43.0 Å². The van der Waals surface area contributed by atoms with E-state index in [1.54, 1.807) is 6.07 Å². The Bertz CT molecular complexity index is 1050. The van der Waals surface area contributed by atoms with Gasteiger partial charge in [0.1, 0.15) is 11.3 Å². The molecule has 0 unspecified atom stereocenters. The zero-order chi connectivity index (χ0) is 20.3. The number of ether oxygens (including phenoxy) is 1. The fourth-order valence-electron chi connectivity index (χ4n) is 3.11. The number of thioether (sulfide) groups is 1. The van der Waals surface area contributed by atoms with Gasteiger partial charge in [-0.1, -0.05) is 6.92 Å². The first-order chi connectivity index (χ1) is 13.5. The van der Waals surface area contributed by atoms with E-state index >= 15 is 0 Å². The van der Waals surface area contributed by atoms with Crippen LogP contribution in [-0.4, -0.2) is 28.8 Å². The van der Waals surface area contributed by atoms with E-state index in [0.29, 0.717) is 16.3 Å². The van der Waals surface area contributed by atoms with Gasteiger partial charge in [0, 0.05) is 29.3 Å². The second-order valence-electron chi connectivity index (χ2n) is 6.22. The van der Waals surface area contributed by atoms with Crippen LogP contribution in [-0.2, 0) is 6.54 Å². The molecule has 0 saturated carbocycles. The molecule has 0 fully saturated rings. The summed E-state index contributed by atoms with van der Waals surface area (Å²) in [6.07, 6.45) is 4.86. The number of nitro groups is 1. The lowest BCUT2D eigenvalue weighted by molar-refractivity contribution is -0.385. The number of nitro benzene ring substituents is 1. The molecular weight excluding hydrogens is 378 g/mol. The molecular formula is C20H21N3O4S. The van der Waals surface area contributed by atoms with Gasteiger partial charge < -0.3 is 14.6 Å². The number of carbonyl (C=O) groups is 1. The molecule has 146 valence electrons. The van der Waals surface area contributed by atoms with Gasteiger partial charge in [-0.25, -0.2) is 0 Å². The standard InChI is InChI=1S/C20H21N3O4S/c1-4-8-22-9-7-13-10-14(5-6-16(13)22)21-20(24)15-11-19(28-3)18(27-2)12-17(15)23(25)26/h5-7,9-12H,4,8H2,1-3H3,(H,21,24). The average molecular weight is 399 g/mol. The Morgan fingerprint density at radius 1 is 1.29 bits per heavy atom. The second kappa shape index (κ2) is 8.35. The quantitative estimate of drug-likeness (QED) is 0.345. The van der Waals surface area contributed by atoms with Gasteiger partial charge in [0.2, 0.25) is 0 Å². The lowest BCUT2D eigenvalue weighted by Gasteiger charge is -2.11. The van der Waals surface area contributed by atoms with E-state index in [2.05, 4.69) is 16.8 Å². The van der Waals surface area contributed by atoms with Crippen molar-refractivity contribution in [3.05, 3.63) is 58.3 Å². The van der Waals surface area contributed by atoms with Crippen molar-refractivity contribution in [2.75, 3.05) is 18.7 Å². The predicted molar refractivity (Wildman–Crippen MR) is 112 cm³/mol. The molecule has 0 aliphatic carbocycles. The summed E-state index contributed by atoms with van der Waals surface area (Å²) in [6, 6.07) is 10.4. The second-order valence-corrected chi connectivity index (χ2v) is 7.07. The van der Waals surface area contributed by atoms with Gasteiger partial charge in [-0.3, -0.25) is 14.9 Å². The third-order valence-electron chi connectivity index (χ3n) is 4.44. The van der Waals surface area contributed by atoms with Gasteiger partial charge >= 0.3 is 0 Å². The third-order valence-corrected chi connectivity index (χ3v) is 5.20. The highest BCUT2D eigenvalue weighted by Gasteiger charge is 2.24. The van der Waals surface area contributed by atoms with Gasteiger partial charge in [0.25, 0.3) is 11.6 Å². The molecule has 0 spiro atoms. The maximum atomic E-state index is 12.8. The summed E-state index contributed by atoms with van der Waals surface area (Å²) < 4.78 is 7.34. The minimum atomic E-state index is -0.574. The molecule has 2 aromatic carbocycles. The first-order valence-corrected chi connectivity index (χ1v) is 10.0. The molecule has 0 aliphatic rings. The van der Waals surface area contributed by atoms with Crippen LogP contribution in [0, 0.1) is 10.1 Å². The highest BCUT2D eigenvalue weighted by atomic mass is 32.2. The minimum absolute atomic E-state index is 0.00111. The summed E-state index contributed by atoms with van der Waals surface area (Å²) in [5.41, 5.74) is 1.38. The number of rotatable bonds is 7. The van der Waals surface area contributed by atoms with Crippen molar-refractivity contribution < 1.29 is 14.5 Å². The minimum Gasteiger partial charge on any atom is -0.495 e. The van der Waals surface area contributed by atoms with E-state index in [-0.39, 0.29) is 11.3 Å². The average Bonchev–Trinajstić information content (AvgIpc) is 3.09. The first kappa shape index (κ1) is 19.8. The van der Waals surface area contributed by atoms with Gasteiger partial charge in [0.15, 0.2) is 0 Å². The largest absolute Gasteiger partial charge is 0.495 e. The van der Waals surface area contributed by atoms with Crippen molar-refractivity contribution in [3.8, 4) is 5.75 Å². The zero-order valence-corrected chi connectivity index (χ0v) is 16.7. The number of nitrogens with zero attached hydrogens (tertiary/aromatic N) is 2. The molecule has 1 N–H and O–H groups in total. The Balaban J connectivity index is 1.94. The molecule has 0 radical (unpaired) electrons. The lowest BCUT2D eigenvalue weighted by Crippen LogP contribution is -2.14. The Kier molecular flexibility index (Phi) is 5.89. The Hall–Kier alpha value is -3.00. The van der Waals surface area contributed by atoms with E-state index in [0.717, 1.165) is 23.9 Å². The van der Waals surface area contributed by atoms with Crippen molar-refractivity contribution in [1.29, 1.82) is 0 Å². The van der Waals surface area contributed by atoms with E-state index in [1.165, 1.54) is 31.0 Å². The number of carbonyl (C=O) groups excluding carboxylic acids is 1. The number of aryl methyl sites for hydroxylation is 1. The molecule has 7 nitrogen and oxygen atoms in total. The van der Waals surface area contributed by atoms with Crippen molar-refractivity contribution in [1.82, 2.24) is 4.57 Å². The molecule has 3 aromatic rings. The molecule has 1 heterocycles. The fraction of sp³-hybridized carbons (Fsp3) is 0.250. The molecule has 0 saturated heterocycles. The monoisotopic (exact) mass is 399 g/mol. The summed E-state index contributed by atoms with van der Waals surface area (Å²) in [5, 5.41) is 15.2. The summed E-state index contributed by atoms with van der Waals surface area (Å²) in [7, 11) is 1.44. The maximum Gasteiger partial charge on any atom is 0.285 e. The van der Waals surface area contributed by atoms with Crippen molar-refractivity contribution in [2.24, 2.45) is 0 Å². The van der Waals surface area contributed by atoms with E-state index in [4.69, 9.17) is 4.74 Å². The first-order valence-electron chi connectivity index (χ1n) is 8.79. The molecule has 1 amide bonds. The van der Waals surface area contributed by atoms with Crippen molar-refractivity contribution in [3.63, 3.8) is 0 Å². The maximum absolute atomic E-state index is 12.8. The molecule has 28 heavy (non-hydrogen) atoms. The van der Waals surface area contributed by atoms with Crippen molar-refractivity contribution in [2.45, 2.75) is 24.8 Å². The summed E-state index contributed by atoms with van der Waals surface area (Å²) >= 11 is 1.36. The Morgan fingerprint density at radius 3 is 2.71 bits per heavy atom. The predicted octanol–water partition coefficient (Wildman–Crippen LogP) is 4.94. The van der Waals surface area contributed by atoms with Crippen LogP contribution < -0.4 is 10.1 Å². The lowest BCUT2D eigenvalue weighted by atomic mass is 10.1. The molecule has 0 aliphatic heterocycles. The smallest absolute Gasteiger partial charge is 0.285 e. The number of nitrogens with one attached hydrogen (secondary N) is 1. The zero-order valence-electron chi connectivity index (χ0n) is 15.9. The van der Waals surface area contributed by atoms with Crippen LogP contribution in [0.4, 0.5) is 11.4 Å². The van der Waals surface area contributed by atoms with Gasteiger partial charge in [0.05, 0.1) is 23.0 Å². The number of fused-ring (bicyclic) bond motifs is 1. The molecule has 0 atom stereocenters. The molecule has 3 rings (SSSR count). The SMILES string of the molecule is CCCn1ccc2cc(NC(=O)c3cc(SC)c(OC)cc3[N+](=O)[O-])ccc21. The van der Waals surface area contributed by atoms with Crippen LogP contribution in [0.2, 0.25) is 0 Å². The Labute approximate surface area is 166 Å². The summed E-state index contributed by atoms with van der Waals surface area (Å²) in [4.78, 5) is 24.3. The van der Waals surface area contributed by atoms with Crippen LogP contribution in [0.5, 0.6) is 5.75 Å². The summed E-state index contributed by atoms with van der Waals surface area (Å²) in [6.45, 7) is 3.04. The molecule has 8 heteroatoms. The van der Waals surface area contributed by atoms with Gasteiger partial charge in [-0.2, -0.15) is 0 Å². The molecule has 1 aromatic heterocycles. The Morgan fingerprint density at radius 2 is 2.07 bits per heavy atom. The van der Waals surface area contributed by atoms with Crippen molar-refractivity contribution >= 4 is 39.9 Å². The normalized spacial score (nSPS) is 10.8. The number of hydrogen-bond donors (Lipinski definition) is 1. The number of anilines is 1. The van der Waals surface area contributed by atoms with Crippen LogP contribution in [0.25, 0.3) is 10.9 Å². The number of methoxy groups -OCH3 is 1. The van der Waals surface area contributed by atoms with Gasteiger partial charge in [-0.15, -0.1) is 11.8 Å². The van der Waals surface area contributed by atoms with E-state index in [9.17, 15) is 14.9 Å². The number of amides is 1.